The number of halogens is 3. The van der Waals surface area contributed by atoms with Crippen molar-refractivity contribution in [1.82, 2.24) is 25.0 Å². The highest BCUT2D eigenvalue weighted by molar-refractivity contribution is 14.0. The van der Waals surface area contributed by atoms with E-state index in [-0.39, 0.29) is 24.0 Å². The molecule has 0 radical (unpaired) electrons. The molecule has 1 aromatic carbocycles. The summed E-state index contributed by atoms with van der Waals surface area (Å²) in [5.74, 6) is 0.723. The van der Waals surface area contributed by atoms with Crippen molar-refractivity contribution in [2.75, 3.05) is 6.54 Å². The van der Waals surface area contributed by atoms with Crippen LogP contribution in [0.25, 0.3) is 5.69 Å². The van der Waals surface area contributed by atoms with Crippen molar-refractivity contribution in [3.05, 3.63) is 70.2 Å². The Bertz CT molecular complexity index is 921. The lowest BCUT2D eigenvalue weighted by atomic mass is 10.2. The largest absolute Gasteiger partial charge is 0.357 e. The first-order chi connectivity index (χ1) is 13.1. The van der Waals surface area contributed by atoms with Crippen LogP contribution in [0.3, 0.4) is 0 Å². The molecule has 2 aromatic heterocycles. The number of aliphatic imine (C=N–C) groups is 1. The molecule has 6 nitrogen and oxygen atoms in total. The van der Waals surface area contributed by atoms with Gasteiger partial charge >= 0.3 is 0 Å². The first kappa shape index (κ1) is 22.6. The Balaban J connectivity index is 0.00000280. The highest BCUT2D eigenvalue weighted by atomic mass is 127. The number of benzene rings is 1. The van der Waals surface area contributed by atoms with Crippen LogP contribution in [-0.2, 0) is 20.1 Å². The standard InChI is InChI=1S/C19H22Cl2N6.HI/c1-3-22-19(24-13-15-11-16(20)18(21)26(15)2)23-12-14-7-4-5-8-17(14)27-10-6-9-25-27;/h4-11H,3,12-13H2,1-2H3,(H2,22,23,24);1H. The van der Waals surface area contributed by atoms with E-state index in [2.05, 4.69) is 21.8 Å². The highest BCUT2D eigenvalue weighted by Gasteiger charge is 2.10. The number of nitrogens with zero attached hydrogens (tertiary/aromatic N) is 4. The molecule has 0 aliphatic rings. The van der Waals surface area contributed by atoms with E-state index >= 15 is 0 Å². The molecule has 0 spiro atoms. The van der Waals surface area contributed by atoms with Crippen LogP contribution >= 0.6 is 47.2 Å². The molecule has 150 valence electrons. The second kappa shape index (κ2) is 10.7. The average Bonchev–Trinajstić information content (AvgIpc) is 3.29. The molecule has 2 heterocycles. The van der Waals surface area contributed by atoms with E-state index in [9.17, 15) is 0 Å². The van der Waals surface area contributed by atoms with Crippen molar-refractivity contribution >= 4 is 53.1 Å². The molecule has 9 heteroatoms. The van der Waals surface area contributed by atoms with Crippen LogP contribution in [0.5, 0.6) is 0 Å². The Labute approximate surface area is 192 Å². The second-order valence-corrected chi connectivity index (χ2v) is 6.73. The van der Waals surface area contributed by atoms with Gasteiger partial charge in [-0.1, -0.05) is 41.4 Å². The van der Waals surface area contributed by atoms with Gasteiger partial charge in [0.05, 0.1) is 23.8 Å². The van der Waals surface area contributed by atoms with E-state index in [0.717, 1.165) is 29.4 Å². The second-order valence-electron chi connectivity index (χ2n) is 5.96. The molecule has 3 aromatic rings. The molecule has 0 saturated carbocycles. The minimum atomic E-state index is 0. The van der Waals surface area contributed by atoms with E-state index in [0.29, 0.717) is 23.3 Å². The quantitative estimate of drug-likeness (QED) is 0.281. The van der Waals surface area contributed by atoms with E-state index in [1.165, 1.54) is 0 Å². The van der Waals surface area contributed by atoms with E-state index in [4.69, 9.17) is 28.2 Å². The molecule has 0 bridgehead atoms. The molecule has 3 rings (SSSR count). The zero-order chi connectivity index (χ0) is 19.2. The Morgan fingerprint density at radius 3 is 2.61 bits per heavy atom. The SMILES string of the molecule is CCNC(=NCc1ccccc1-n1cccn1)NCc1cc(Cl)c(Cl)n1C.I. The number of nitrogens with one attached hydrogen (secondary N) is 2. The summed E-state index contributed by atoms with van der Waals surface area (Å²) in [5, 5.41) is 12.0. The molecule has 0 amide bonds. The highest BCUT2D eigenvalue weighted by Crippen LogP contribution is 2.24. The van der Waals surface area contributed by atoms with Crippen molar-refractivity contribution in [2.45, 2.75) is 20.0 Å². The smallest absolute Gasteiger partial charge is 0.191 e. The number of aromatic nitrogens is 3. The Kier molecular flexibility index (Phi) is 8.65. The minimum Gasteiger partial charge on any atom is -0.357 e. The van der Waals surface area contributed by atoms with Gasteiger partial charge in [-0.25, -0.2) is 9.67 Å². The van der Waals surface area contributed by atoms with Crippen LogP contribution in [-0.4, -0.2) is 26.9 Å². The van der Waals surface area contributed by atoms with Crippen molar-refractivity contribution in [3.63, 3.8) is 0 Å². The molecule has 0 aliphatic heterocycles. The van der Waals surface area contributed by atoms with E-state index in [1.807, 2.05) is 59.7 Å². The number of hydrogen-bond donors (Lipinski definition) is 2. The maximum absolute atomic E-state index is 6.13. The van der Waals surface area contributed by atoms with Gasteiger partial charge in [0.1, 0.15) is 5.15 Å². The van der Waals surface area contributed by atoms with Crippen molar-refractivity contribution < 1.29 is 0 Å². The fraction of sp³-hybridized carbons (Fsp3) is 0.263. The predicted molar refractivity (Wildman–Crippen MR) is 126 cm³/mol. The van der Waals surface area contributed by atoms with E-state index < -0.39 is 0 Å². The molecule has 0 fully saturated rings. The molecule has 2 N–H and O–H groups in total. The van der Waals surface area contributed by atoms with Crippen LogP contribution in [0.4, 0.5) is 0 Å². The summed E-state index contributed by atoms with van der Waals surface area (Å²) in [6, 6.07) is 11.9. The summed E-state index contributed by atoms with van der Waals surface area (Å²) in [4.78, 5) is 4.71. The molecule has 28 heavy (non-hydrogen) atoms. The zero-order valence-corrected chi connectivity index (χ0v) is 19.5. The van der Waals surface area contributed by atoms with Crippen LogP contribution in [0.15, 0.2) is 53.8 Å². The Morgan fingerprint density at radius 2 is 1.96 bits per heavy atom. The summed E-state index contributed by atoms with van der Waals surface area (Å²) < 4.78 is 3.70. The normalized spacial score (nSPS) is 11.2. The average molecular weight is 533 g/mol. The van der Waals surface area contributed by atoms with Crippen LogP contribution in [0.1, 0.15) is 18.2 Å². The topological polar surface area (TPSA) is 59.2 Å². The molecule has 0 atom stereocenters. The van der Waals surface area contributed by atoms with Crippen LogP contribution < -0.4 is 10.6 Å². The lowest BCUT2D eigenvalue weighted by molar-refractivity contribution is 0.751. The van der Waals surface area contributed by atoms with Gasteiger partial charge < -0.3 is 15.2 Å². The summed E-state index contributed by atoms with van der Waals surface area (Å²) in [5.41, 5.74) is 3.08. The summed E-state index contributed by atoms with van der Waals surface area (Å²) >= 11 is 12.2. The Morgan fingerprint density at radius 1 is 1.18 bits per heavy atom. The molecule has 0 unspecified atom stereocenters. The number of hydrogen-bond acceptors (Lipinski definition) is 2. The van der Waals surface area contributed by atoms with Crippen LogP contribution in [0, 0.1) is 0 Å². The third kappa shape index (κ3) is 5.42. The lowest BCUT2D eigenvalue weighted by Crippen LogP contribution is -2.37. The molecular weight excluding hydrogens is 510 g/mol. The third-order valence-corrected chi connectivity index (χ3v) is 4.99. The van der Waals surface area contributed by atoms with Gasteiger partial charge in [-0.05, 0) is 30.7 Å². The lowest BCUT2D eigenvalue weighted by Gasteiger charge is -2.13. The summed E-state index contributed by atoms with van der Waals surface area (Å²) in [7, 11) is 1.88. The number of guanidine groups is 1. The minimum absolute atomic E-state index is 0. The molecule has 0 aliphatic carbocycles. The van der Waals surface area contributed by atoms with E-state index in [1.54, 1.807) is 6.20 Å². The predicted octanol–water partition coefficient (Wildman–Crippen LogP) is 4.39. The van der Waals surface area contributed by atoms with Gasteiger partial charge in [0.2, 0.25) is 0 Å². The molecule has 0 saturated heterocycles. The van der Waals surface area contributed by atoms with Crippen molar-refractivity contribution in [3.8, 4) is 5.69 Å². The van der Waals surface area contributed by atoms with Crippen molar-refractivity contribution in [1.29, 1.82) is 0 Å². The van der Waals surface area contributed by atoms with Gasteiger partial charge in [0.15, 0.2) is 5.96 Å². The summed E-state index contributed by atoms with van der Waals surface area (Å²) in [6.45, 7) is 3.89. The first-order valence-electron chi connectivity index (χ1n) is 8.69. The Hall–Kier alpha value is -1.71. The maximum atomic E-state index is 6.13. The van der Waals surface area contributed by atoms with Crippen LogP contribution in [0.2, 0.25) is 10.2 Å². The van der Waals surface area contributed by atoms with Gasteiger partial charge in [0, 0.05) is 31.7 Å². The molecular formula is C19H23Cl2IN6. The van der Waals surface area contributed by atoms with Gasteiger partial charge in [-0.15, -0.1) is 24.0 Å². The fourth-order valence-electron chi connectivity index (χ4n) is 2.72. The van der Waals surface area contributed by atoms with Crippen molar-refractivity contribution in [2.24, 2.45) is 12.0 Å². The zero-order valence-electron chi connectivity index (χ0n) is 15.7. The number of para-hydroxylation sites is 1. The maximum Gasteiger partial charge on any atom is 0.191 e. The number of rotatable bonds is 6. The van der Waals surface area contributed by atoms with Gasteiger partial charge in [-0.3, -0.25) is 0 Å². The fourth-order valence-corrected chi connectivity index (χ4v) is 3.13. The summed E-state index contributed by atoms with van der Waals surface area (Å²) in [6.07, 6.45) is 3.69. The monoisotopic (exact) mass is 532 g/mol. The van der Waals surface area contributed by atoms with Gasteiger partial charge in [-0.2, -0.15) is 5.10 Å². The third-order valence-electron chi connectivity index (χ3n) is 4.15. The first-order valence-corrected chi connectivity index (χ1v) is 9.45. The van der Waals surface area contributed by atoms with Gasteiger partial charge in [0.25, 0.3) is 0 Å².